The van der Waals surface area contributed by atoms with Gasteiger partial charge in [0, 0.05) is 29.2 Å². The molecule has 0 amide bonds. The van der Waals surface area contributed by atoms with Gasteiger partial charge in [0.25, 0.3) is 0 Å². The van der Waals surface area contributed by atoms with Crippen molar-refractivity contribution in [3.05, 3.63) is 60.0 Å². The standard InChI is InChI=1S/C14H11ClN4/c15-11-5-6-14(17-8-11)19-9-10(7-18-19)12-3-1-2-4-13(12)16/h1-9H,16H2. The van der Waals surface area contributed by atoms with Crippen LogP contribution in [0, 0.1) is 0 Å². The van der Waals surface area contributed by atoms with Crippen molar-refractivity contribution in [2.24, 2.45) is 0 Å². The molecule has 0 bridgehead atoms. The fourth-order valence-electron chi connectivity index (χ4n) is 1.85. The number of pyridine rings is 1. The van der Waals surface area contributed by atoms with Gasteiger partial charge >= 0.3 is 0 Å². The monoisotopic (exact) mass is 270 g/mol. The molecule has 1 aromatic carbocycles. The largest absolute Gasteiger partial charge is 0.398 e. The summed E-state index contributed by atoms with van der Waals surface area (Å²) in [6.07, 6.45) is 5.25. The van der Waals surface area contributed by atoms with Crippen LogP contribution in [0.3, 0.4) is 0 Å². The van der Waals surface area contributed by atoms with Gasteiger partial charge in [0.15, 0.2) is 5.82 Å². The number of rotatable bonds is 2. The summed E-state index contributed by atoms with van der Waals surface area (Å²) < 4.78 is 1.69. The Morgan fingerprint density at radius 2 is 1.89 bits per heavy atom. The number of nitrogens with zero attached hydrogens (tertiary/aromatic N) is 3. The number of nitrogen functional groups attached to an aromatic ring is 1. The molecule has 0 aliphatic rings. The number of aromatic nitrogens is 3. The number of para-hydroxylation sites is 1. The van der Waals surface area contributed by atoms with Crippen LogP contribution >= 0.6 is 11.6 Å². The van der Waals surface area contributed by atoms with E-state index in [2.05, 4.69) is 10.1 Å². The summed E-state index contributed by atoms with van der Waals surface area (Å²) >= 11 is 5.81. The van der Waals surface area contributed by atoms with E-state index in [1.54, 1.807) is 23.1 Å². The van der Waals surface area contributed by atoms with Gasteiger partial charge in [-0.3, -0.25) is 0 Å². The maximum atomic E-state index is 5.95. The van der Waals surface area contributed by atoms with Crippen molar-refractivity contribution in [3.63, 3.8) is 0 Å². The first-order chi connectivity index (χ1) is 9.24. The molecule has 2 heterocycles. The fourth-order valence-corrected chi connectivity index (χ4v) is 1.96. The molecule has 0 saturated carbocycles. The lowest BCUT2D eigenvalue weighted by Crippen LogP contribution is -1.96. The quantitative estimate of drug-likeness (QED) is 0.728. The van der Waals surface area contributed by atoms with Crippen LogP contribution in [0.5, 0.6) is 0 Å². The van der Waals surface area contributed by atoms with Crippen LogP contribution in [0.15, 0.2) is 55.0 Å². The van der Waals surface area contributed by atoms with Gasteiger partial charge in [-0.15, -0.1) is 0 Å². The van der Waals surface area contributed by atoms with Gasteiger partial charge in [-0.2, -0.15) is 5.10 Å². The third kappa shape index (κ3) is 2.30. The van der Waals surface area contributed by atoms with Crippen LogP contribution in [-0.2, 0) is 0 Å². The molecule has 3 rings (SSSR count). The minimum atomic E-state index is 0.600. The molecule has 5 heteroatoms. The highest BCUT2D eigenvalue weighted by atomic mass is 35.5. The first kappa shape index (κ1) is 11.7. The Hall–Kier alpha value is -2.33. The van der Waals surface area contributed by atoms with Gasteiger partial charge in [0.1, 0.15) is 0 Å². The zero-order chi connectivity index (χ0) is 13.2. The molecule has 0 unspecified atom stereocenters. The van der Waals surface area contributed by atoms with Crippen LogP contribution in [0.2, 0.25) is 5.02 Å². The highest BCUT2D eigenvalue weighted by molar-refractivity contribution is 6.30. The van der Waals surface area contributed by atoms with E-state index in [1.807, 2.05) is 36.5 Å². The maximum absolute atomic E-state index is 5.95. The lowest BCUT2D eigenvalue weighted by atomic mass is 10.1. The number of hydrogen-bond acceptors (Lipinski definition) is 3. The van der Waals surface area contributed by atoms with Crippen molar-refractivity contribution in [3.8, 4) is 16.9 Å². The highest BCUT2D eigenvalue weighted by Gasteiger charge is 2.06. The van der Waals surface area contributed by atoms with E-state index in [4.69, 9.17) is 17.3 Å². The molecule has 2 aromatic heterocycles. The van der Waals surface area contributed by atoms with E-state index < -0.39 is 0 Å². The van der Waals surface area contributed by atoms with Crippen molar-refractivity contribution in [1.82, 2.24) is 14.8 Å². The molecular weight excluding hydrogens is 260 g/mol. The van der Waals surface area contributed by atoms with Crippen molar-refractivity contribution >= 4 is 17.3 Å². The van der Waals surface area contributed by atoms with Crippen LogP contribution in [0.4, 0.5) is 5.69 Å². The third-order valence-electron chi connectivity index (χ3n) is 2.80. The van der Waals surface area contributed by atoms with Gasteiger partial charge in [-0.25, -0.2) is 9.67 Å². The van der Waals surface area contributed by atoms with Crippen LogP contribution in [0.1, 0.15) is 0 Å². The van der Waals surface area contributed by atoms with Crippen molar-refractivity contribution in [2.45, 2.75) is 0 Å². The van der Waals surface area contributed by atoms with E-state index in [9.17, 15) is 0 Å². The Kier molecular flexibility index (Phi) is 2.93. The SMILES string of the molecule is Nc1ccccc1-c1cnn(-c2ccc(Cl)cn2)c1. The smallest absolute Gasteiger partial charge is 0.153 e. The van der Waals surface area contributed by atoms with Crippen LogP contribution in [-0.4, -0.2) is 14.8 Å². The number of hydrogen-bond donors (Lipinski definition) is 1. The Labute approximate surface area is 115 Å². The number of benzene rings is 1. The fraction of sp³-hybridized carbons (Fsp3) is 0. The zero-order valence-electron chi connectivity index (χ0n) is 9.99. The molecular formula is C14H11ClN4. The summed E-state index contributed by atoms with van der Waals surface area (Å²) in [6, 6.07) is 11.3. The Morgan fingerprint density at radius 3 is 2.63 bits per heavy atom. The summed E-state index contributed by atoms with van der Waals surface area (Å²) in [5.41, 5.74) is 8.59. The van der Waals surface area contributed by atoms with Crippen LogP contribution in [0.25, 0.3) is 16.9 Å². The molecule has 0 aliphatic heterocycles. The van der Waals surface area contributed by atoms with Crippen molar-refractivity contribution in [1.29, 1.82) is 0 Å². The molecule has 0 spiro atoms. The third-order valence-corrected chi connectivity index (χ3v) is 3.02. The average Bonchev–Trinajstić information content (AvgIpc) is 2.89. The molecule has 0 atom stereocenters. The van der Waals surface area contributed by atoms with Gasteiger partial charge in [-0.1, -0.05) is 29.8 Å². The van der Waals surface area contributed by atoms with E-state index in [0.717, 1.165) is 16.8 Å². The number of anilines is 1. The molecule has 4 nitrogen and oxygen atoms in total. The average molecular weight is 271 g/mol. The molecule has 3 aromatic rings. The van der Waals surface area contributed by atoms with E-state index in [0.29, 0.717) is 10.8 Å². The molecule has 0 fully saturated rings. The van der Waals surface area contributed by atoms with E-state index in [1.165, 1.54) is 0 Å². The van der Waals surface area contributed by atoms with E-state index in [-0.39, 0.29) is 0 Å². The second kappa shape index (κ2) is 4.74. The van der Waals surface area contributed by atoms with Gasteiger partial charge in [0.2, 0.25) is 0 Å². The molecule has 94 valence electrons. The van der Waals surface area contributed by atoms with Crippen LogP contribution < -0.4 is 5.73 Å². The lowest BCUT2D eigenvalue weighted by molar-refractivity contribution is 0.847. The Morgan fingerprint density at radius 1 is 1.05 bits per heavy atom. The zero-order valence-corrected chi connectivity index (χ0v) is 10.7. The summed E-state index contributed by atoms with van der Waals surface area (Å²) in [5.74, 6) is 0.713. The van der Waals surface area contributed by atoms with Crippen molar-refractivity contribution < 1.29 is 0 Å². The maximum Gasteiger partial charge on any atom is 0.153 e. The van der Waals surface area contributed by atoms with Crippen molar-refractivity contribution in [2.75, 3.05) is 5.73 Å². The normalized spacial score (nSPS) is 10.6. The predicted molar refractivity (Wildman–Crippen MR) is 76.2 cm³/mol. The molecule has 0 saturated heterocycles. The Bertz CT molecular complexity index is 703. The minimum Gasteiger partial charge on any atom is -0.398 e. The van der Waals surface area contributed by atoms with Gasteiger partial charge in [-0.05, 0) is 18.2 Å². The lowest BCUT2D eigenvalue weighted by Gasteiger charge is -2.01. The van der Waals surface area contributed by atoms with E-state index >= 15 is 0 Å². The summed E-state index contributed by atoms with van der Waals surface area (Å²) in [4.78, 5) is 4.22. The van der Waals surface area contributed by atoms with Gasteiger partial charge in [0.05, 0.1) is 11.2 Å². The van der Waals surface area contributed by atoms with Gasteiger partial charge < -0.3 is 5.73 Å². The number of halogens is 1. The topological polar surface area (TPSA) is 56.7 Å². The summed E-state index contributed by atoms with van der Waals surface area (Å²) in [6.45, 7) is 0. The second-order valence-corrected chi connectivity index (χ2v) is 4.53. The molecule has 19 heavy (non-hydrogen) atoms. The summed E-state index contributed by atoms with van der Waals surface area (Å²) in [7, 11) is 0. The highest BCUT2D eigenvalue weighted by Crippen LogP contribution is 2.25. The molecule has 2 N–H and O–H groups in total. The molecule has 0 aliphatic carbocycles. The molecule has 0 radical (unpaired) electrons. The number of nitrogens with two attached hydrogens (primary N) is 1. The Balaban J connectivity index is 2.00. The first-order valence-electron chi connectivity index (χ1n) is 5.75. The second-order valence-electron chi connectivity index (χ2n) is 4.10. The first-order valence-corrected chi connectivity index (χ1v) is 6.13. The minimum absolute atomic E-state index is 0.600. The predicted octanol–water partition coefficient (Wildman–Crippen LogP) is 3.17. The summed E-state index contributed by atoms with van der Waals surface area (Å²) in [5, 5.41) is 4.89.